The number of rotatable bonds is 7. The number of nitrogens with one attached hydrogen (secondary N) is 1. The number of amides is 1. The van der Waals surface area contributed by atoms with Crippen LogP contribution in [0.15, 0.2) is 77.9 Å². The van der Waals surface area contributed by atoms with Crippen molar-refractivity contribution in [2.24, 2.45) is 5.10 Å². The largest absolute Gasteiger partial charge is 0.486 e. The van der Waals surface area contributed by atoms with E-state index < -0.39 is 0 Å². The van der Waals surface area contributed by atoms with Crippen molar-refractivity contribution in [3.05, 3.63) is 95.1 Å². The summed E-state index contributed by atoms with van der Waals surface area (Å²) in [7, 11) is 0. The first-order valence-corrected chi connectivity index (χ1v) is 12.0. The number of ether oxygens (including phenoxy) is 2. The van der Waals surface area contributed by atoms with Crippen molar-refractivity contribution in [3.8, 4) is 11.5 Å². The molecule has 0 bridgehead atoms. The van der Waals surface area contributed by atoms with Gasteiger partial charge in [-0.1, -0.05) is 48.5 Å². The molecule has 0 unspecified atom stereocenters. The zero-order valence-corrected chi connectivity index (χ0v) is 19.7. The van der Waals surface area contributed by atoms with Gasteiger partial charge in [0, 0.05) is 50.4 Å². The molecule has 1 saturated heterocycles. The van der Waals surface area contributed by atoms with Gasteiger partial charge in [0.25, 0.3) is 5.91 Å². The maximum Gasteiger partial charge on any atom is 0.271 e. The molecule has 2 aliphatic rings. The Morgan fingerprint density at radius 2 is 1.46 bits per heavy atom. The Balaban J connectivity index is 1.09. The standard InChI is InChI=1S/C28H30N4O3/c33-28(30-29-19-25-7-4-8-26-27(25)35-18-17-34-26)24-11-9-23(10-12-24)21-32-15-13-31(14-16-32)20-22-5-2-1-3-6-22/h1-12,19H,13-18,20-21H2,(H,30,33)/b29-19-. The summed E-state index contributed by atoms with van der Waals surface area (Å²) in [5.41, 5.74) is 6.51. The Labute approximate surface area is 206 Å². The third kappa shape index (κ3) is 6.07. The highest BCUT2D eigenvalue weighted by Crippen LogP contribution is 2.32. The average Bonchev–Trinajstić information content (AvgIpc) is 2.91. The predicted octanol–water partition coefficient (Wildman–Crippen LogP) is 3.54. The van der Waals surface area contributed by atoms with E-state index in [0.717, 1.165) is 44.8 Å². The van der Waals surface area contributed by atoms with Crippen LogP contribution < -0.4 is 14.9 Å². The van der Waals surface area contributed by atoms with E-state index >= 15 is 0 Å². The van der Waals surface area contributed by atoms with Gasteiger partial charge in [0.05, 0.1) is 6.21 Å². The highest BCUT2D eigenvalue weighted by Gasteiger charge is 2.17. The van der Waals surface area contributed by atoms with Crippen LogP contribution in [0.3, 0.4) is 0 Å². The van der Waals surface area contributed by atoms with Crippen LogP contribution in [-0.2, 0) is 13.1 Å². The van der Waals surface area contributed by atoms with Crippen molar-refractivity contribution in [3.63, 3.8) is 0 Å². The summed E-state index contributed by atoms with van der Waals surface area (Å²) in [4.78, 5) is 17.5. The van der Waals surface area contributed by atoms with Crippen LogP contribution in [0.1, 0.15) is 27.0 Å². The second-order valence-corrected chi connectivity index (χ2v) is 8.81. The molecule has 7 nitrogen and oxygen atoms in total. The van der Waals surface area contributed by atoms with Gasteiger partial charge < -0.3 is 9.47 Å². The Kier molecular flexibility index (Phi) is 7.36. The van der Waals surface area contributed by atoms with E-state index in [-0.39, 0.29) is 5.91 Å². The molecule has 0 radical (unpaired) electrons. The molecule has 180 valence electrons. The van der Waals surface area contributed by atoms with E-state index in [1.165, 1.54) is 11.1 Å². The molecule has 35 heavy (non-hydrogen) atoms. The van der Waals surface area contributed by atoms with E-state index in [1.54, 1.807) is 6.21 Å². The van der Waals surface area contributed by atoms with Crippen LogP contribution in [0.4, 0.5) is 0 Å². The smallest absolute Gasteiger partial charge is 0.271 e. The maximum atomic E-state index is 12.5. The number of hydrogen-bond donors (Lipinski definition) is 1. The van der Waals surface area contributed by atoms with Gasteiger partial charge in [-0.15, -0.1) is 0 Å². The van der Waals surface area contributed by atoms with Crippen molar-refractivity contribution in [2.45, 2.75) is 13.1 Å². The van der Waals surface area contributed by atoms with Crippen molar-refractivity contribution in [2.75, 3.05) is 39.4 Å². The fraction of sp³-hybridized carbons (Fsp3) is 0.286. The molecule has 3 aromatic rings. The Hall–Kier alpha value is -3.68. The second kappa shape index (κ2) is 11.2. The van der Waals surface area contributed by atoms with Gasteiger partial charge in [-0.25, -0.2) is 5.43 Å². The summed E-state index contributed by atoms with van der Waals surface area (Å²) in [5, 5.41) is 4.11. The SMILES string of the molecule is O=C(N/N=C\c1cccc2c1OCCO2)c1ccc(CN2CCN(Cc3ccccc3)CC2)cc1. The minimum Gasteiger partial charge on any atom is -0.486 e. The number of piperazine rings is 1. The van der Waals surface area contributed by atoms with E-state index in [0.29, 0.717) is 30.3 Å². The Morgan fingerprint density at radius 3 is 2.17 bits per heavy atom. The molecule has 5 rings (SSSR count). The number of carbonyl (C=O) groups excluding carboxylic acids is 1. The lowest BCUT2D eigenvalue weighted by Crippen LogP contribution is -2.45. The minimum atomic E-state index is -0.246. The summed E-state index contributed by atoms with van der Waals surface area (Å²) >= 11 is 0. The van der Waals surface area contributed by atoms with Crippen LogP contribution >= 0.6 is 0 Å². The van der Waals surface area contributed by atoms with Gasteiger partial charge in [-0.3, -0.25) is 14.6 Å². The van der Waals surface area contributed by atoms with Gasteiger partial charge in [-0.05, 0) is 35.4 Å². The lowest BCUT2D eigenvalue weighted by Gasteiger charge is -2.34. The van der Waals surface area contributed by atoms with E-state index in [4.69, 9.17) is 9.47 Å². The zero-order chi connectivity index (χ0) is 23.9. The third-order valence-corrected chi connectivity index (χ3v) is 6.30. The lowest BCUT2D eigenvalue weighted by molar-refractivity contribution is 0.0955. The summed E-state index contributed by atoms with van der Waals surface area (Å²) in [6.07, 6.45) is 1.58. The minimum absolute atomic E-state index is 0.246. The molecule has 1 amide bonds. The van der Waals surface area contributed by atoms with E-state index in [1.807, 2.05) is 42.5 Å². The molecule has 1 N–H and O–H groups in total. The number of para-hydroxylation sites is 1. The summed E-state index contributed by atoms with van der Waals surface area (Å²) in [5.74, 6) is 1.10. The second-order valence-electron chi connectivity index (χ2n) is 8.81. The molecular formula is C28H30N4O3. The molecule has 1 fully saturated rings. The lowest BCUT2D eigenvalue weighted by atomic mass is 10.1. The fourth-order valence-corrected chi connectivity index (χ4v) is 4.39. The molecule has 0 spiro atoms. The molecule has 2 aliphatic heterocycles. The molecular weight excluding hydrogens is 440 g/mol. The quantitative estimate of drug-likeness (QED) is 0.423. The molecule has 0 saturated carbocycles. The molecule has 0 aliphatic carbocycles. The van der Waals surface area contributed by atoms with Gasteiger partial charge in [0.1, 0.15) is 13.2 Å². The number of nitrogens with zero attached hydrogens (tertiary/aromatic N) is 3. The first kappa shape index (κ1) is 23.1. The fourth-order valence-electron chi connectivity index (χ4n) is 4.39. The maximum absolute atomic E-state index is 12.5. The molecule has 0 atom stereocenters. The van der Waals surface area contributed by atoms with Crippen LogP contribution in [0.2, 0.25) is 0 Å². The number of carbonyl (C=O) groups is 1. The normalized spacial score (nSPS) is 16.3. The topological polar surface area (TPSA) is 66.4 Å². The summed E-state index contributed by atoms with van der Waals surface area (Å²) in [6.45, 7) is 7.15. The first-order valence-electron chi connectivity index (χ1n) is 12.0. The van der Waals surface area contributed by atoms with Crippen LogP contribution in [0, 0.1) is 0 Å². The third-order valence-electron chi connectivity index (χ3n) is 6.30. The van der Waals surface area contributed by atoms with Gasteiger partial charge in [-0.2, -0.15) is 5.10 Å². The molecule has 3 aromatic carbocycles. The van der Waals surface area contributed by atoms with Gasteiger partial charge >= 0.3 is 0 Å². The zero-order valence-electron chi connectivity index (χ0n) is 19.7. The van der Waals surface area contributed by atoms with Gasteiger partial charge in [0.2, 0.25) is 0 Å². The van der Waals surface area contributed by atoms with Gasteiger partial charge in [0.15, 0.2) is 11.5 Å². The monoisotopic (exact) mass is 470 g/mol. The summed E-state index contributed by atoms with van der Waals surface area (Å²) in [6, 6.07) is 24.0. The Morgan fingerprint density at radius 1 is 0.800 bits per heavy atom. The number of benzene rings is 3. The van der Waals surface area contributed by atoms with Crippen molar-refractivity contribution < 1.29 is 14.3 Å². The first-order chi connectivity index (χ1) is 17.2. The van der Waals surface area contributed by atoms with Crippen molar-refractivity contribution in [1.29, 1.82) is 0 Å². The number of hydrogen-bond acceptors (Lipinski definition) is 6. The predicted molar refractivity (Wildman–Crippen MR) is 136 cm³/mol. The van der Waals surface area contributed by atoms with Crippen molar-refractivity contribution in [1.82, 2.24) is 15.2 Å². The highest BCUT2D eigenvalue weighted by atomic mass is 16.6. The molecule has 0 aromatic heterocycles. The number of fused-ring (bicyclic) bond motifs is 1. The molecule has 7 heteroatoms. The van der Waals surface area contributed by atoms with E-state index in [2.05, 4.69) is 50.7 Å². The molecule has 2 heterocycles. The van der Waals surface area contributed by atoms with Crippen LogP contribution in [0.5, 0.6) is 11.5 Å². The van der Waals surface area contributed by atoms with Crippen LogP contribution in [0.25, 0.3) is 0 Å². The average molecular weight is 471 g/mol. The van der Waals surface area contributed by atoms with E-state index in [9.17, 15) is 4.79 Å². The van der Waals surface area contributed by atoms with Crippen molar-refractivity contribution >= 4 is 12.1 Å². The summed E-state index contributed by atoms with van der Waals surface area (Å²) < 4.78 is 11.2. The number of hydrazone groups is 1. The van der Waals surface area contributed by atoms with Crippen LogP contribution in [-0.4, -0.2) is 61.3 Å². The Bertz CT molecular complexity index is 1160. The highest BCUT2D eigenvalue weighted by molar-refractivity contribution is 5.95.